The summed E-state index contributed by atoms with van der Waals surface area (Å²) in [5, 5.41) is 6.42. The van der Waals surface area contributed by atoms with Crippen molar-refractivity contribution in [2.75, 3.05) is 13.6 Å². The Morgan fingerprint density at radius 1 is 1.11 bits per heavy atom. The Morgan fingerprint density at radius 2 is 1.75 bits per heavy atom. The average Bonchev–Trinajstić information content (AvgIpc) is 2.68. The predicted octanol–water partition coefficient (Wildman–Crippen LogP) is 3.02. The highest BCUT2D eigenvalue weighted by atomic mass is 127. The zero-order valence-corrected chi connectivity index (χ0v) is 18.6. The first kappa shape index (κ1) is 23.9. The molecular formula is C21H28FIN4O. The van der Waals surface area contributed by atoms with E-state index in [1.807, 2.05) is 12.1 Å². The molecular weight excluding hydrogens is 470 g/mol. The van der Waals surface area contributed by atoms with E-state index >= 15 is 0 Å². The summed E-state index contributed by atoms with van der Waals surface area (Å²) >= 11 is 0. The zero-order chi connectivity index (χ0) is 19.6. The van der Waals surface area contributed by atoms with Crippen LogP contribution in [0.4, 0.5) is 4.39 Å². The van der Waals surface area contributed by atoms with Crippen molar-refractivity contribution in [2.24, 2.45) is 16.6 Å². The molecule has 5 nitrogen and oxygen atoms in total. The molecule has 0 saturated heterocycles. The van der Waals surface area contributed by atoms with Crippen molar-refractivity contribution in [3.05, 3.63) is 71.0 Å². The number of benzene rings is 2. The molecule has 2 aromatic rings. The van der Waals surface area contributed by atoms with Gasteiger partial charge in [-0.2, -0.15) is 0 Å². The highest BCUT2D eigenvalue weighted by Crippen LogP contribution is 2.10. The SMILES string of the molecule is CCc1ccccc1CNC(=NC)NCC(Cc1ccc(F)cc1)C(N)=O.I. The lowest BCUT2D eigenvalue weighted by Crippen LogP contribution is -2.42. The second-order valence-electron chi connectivity index (χ2n) is 6.36. The van der Waals surface area contributed by atoms with Crippen molar-refractivity contribution in [3.8, 4) is 0 Å². The van der Waals surface area contributed by atoms with Gasteiger partial charge in [-0.05, 0) is 41.7 Å². The van der Waals surface area contributed by atoms with Crippen LogP contribution in [-0.2, 0) is 24.2 Å². The normalized spacial score (nSPS) is 12.0. The third kappa shape index (κ3) is 7.46. The van der Waals surface area contributed by atoms with Crippen LogP contribution in [0.1, 0.15) is 23.6 Å². The third-order valence-corrected chi connectivity index (χ3v) is 4.48. The summed E-state index contributed by atoms with van der Waals surface area (Å²) in [7, 11) is 1.68. The Hall–Kier alpha value is -2.16. The molecule has 0 aliphatic heterocycles. The monoisotopic (exact) mass is 498 g/mol. The topological polar surface area (TPSA) is 79.5 Å². The molecule has 1 unspecified atom stereocenters. The number of halogens is 2. The number of primary amides is 1. The smallest absolute Gasteiger partial charge is 0.222 e. The number of guanidine groups is 1. The van der Waals surface area contributed by atoms with Gasteiger partial charge in [0.1, 0.15) is 5.82 Å². The summed E-state index contributed by atoms with van der Waals surface area (Å²) in [6, 6.07) is 14.3. The van der Waals surface area contributed by atoms with E-state index in [1.165, 1.54) is 23.3 Å². The quantitative estimate of drug-likeness (QED) is 0.298. The number of rotatable bonds is 8. The van der Waals surface area contributed by atoms with Crippen LogP contribution in [0.15, 0.2) is 53.5 Å². The zero-order valence-electron chi connectivity index (χ0n) is 16.2. The molecule has 28 heavy (non-hydrogen) atoms. The van der Waals surface area contributed by atoms with Gasteiger partial charge in [-0.25, -0.2) is 4.39 Å². The van der Waals surface area contributed by atoms with Crippen LogP contribution in [-0.4, -0.2) is 25.5 Å². The van der Waals surface area contributed by atoms with Crippen LogP contribution >= 0.6 is 24.0 Å². The summed E-state index contributed by atoms with van der Waals surface area (Å²) in [5.74, 6) is -0.522. The lowest BCUT2D eigenvalue weighted by atomic mass is 9.98. The van der Waals surface area contributed by atoms with E-state index < -0.39 is 11.8 Å². The van der Waals surface area contributed by atoms with Gasteiger partial charge in [0, 0.05) is 20.1 Å². The highest BCUT2D eigenvalue weighted by molar-refractivity contribution is 14.0. The fourth-order valence-corrected chi connectivity index (χ4v) is 2.87. The van der Waals surface area contributed by atoms with Crippen LogP contribution in [0.25, 0.3) is 0 Å². The molecule has 0 aliphatic rings. The van der Waals surface area contributed by atoms with Gasteiger partial charge in [-0.15, -0.1) is 24.0 Å². The third-order valence-electron chi connectivity index (χ3n) is 4.48. The maximum atomic E-state index is 13.0. The van der Waals surface area contributed by atoms with Crippen LogP contribution in [0, 0.1) is 11.7 Å². The molecule has 2 aromatic carbocycles. The molecule has 0 heterocycles. The first-order valence-corrected chi connectivity index (χ1v) is 9.08. The number of aliphatic imine (C=N–C) groups is 1. The molecule has 1 amide bonds. The van der Waals surface area contributed by atoms with Gasteiger partial charge < -0.3 is 16.4 Å². The lowest BCUT2D eigenvalue weighted by molar-refractivity contribution is -0.121. The lowest BCUT2D eigenvalue weighted by Gasteiger charge is -2.18. The standard InChI is InChI=1S/C21H27FN4O.HI/c1-3-16-6-4-5-7-17(16)13-25-21(24-2)26-14-18(20(23)27)12-15-8-10-19(22)11-9-15;/h4-11,18H,3,12-14H2,1-2H3,(H2,23,27)(H2,24,25,26);1H. The predicted molar refractivity (Wildman–Crippen MR) is 122 cm³/mol. The van der Waals surface area contributed by atoms with Crippen LogP contribution in [0.2, 0.25) is 0 Å². The Morgan fingerprint density at radius 3 is 2.32 bits per heavy atom. The number of nitrogens with zero attached hydrogens (tertiary/aromatic N) is 1. The molecule has 0 radical (unpaired) electrons. The molecule has 7 heteroatoms. The van der Waals surface area contributed by atoms with Gasteiger partial charge >= 0.3 is 0 Å². The fourth-order valence-electron chi connectivity index (χ4n) is 2.87. The number of aryl methyl sites for hydroxylation is 1. The minimum Gasteiger partial charge on any atom is -0.369 e. The summed E-state index contributed by atoms with van der Waals surface area (Å²) in [4.78, 5) is 16.0. The Bertz CT molecular complexity index is 780. The summed E-state index contributed by atoms with van der Waals surface area (Å²) in [6.45, 7) is 3.11. The minimum atomic E-state index is -0.420. The second-order valence-corrected chi connectivity index (χ2v) is 6.36. The van der Waals surface area contributed by atoms with E-state index in [-0.39, 0.29) is 29.8 Å². The van der Waals surface area contributed by atoms with E-state index in [9.17, 15) is 9.18 Å². The molecule has 0 bridgehead atoms. The molecule has 0 spiro atoms. The van der Waals surface area contributed by atoms with Gasteiger partial charge in [-0.1, -0.05) is 43.3 Å². The highest BCUT2D eigenvalue weighted by Gasteiger charge is 2.17. The second kappa shape index (κ2) is 12.3. The number of carbonyl (C=O) groups excluding carboxylic acids is 1. The largest absolute Gasteiger partial charge is 0.369 e. The number of nitrogens with one attached hydrogen (secondary N) is 2. The Kier molecular flexibility index (Phi) is 10.5. The number of nitrogens with two attached hydrogens (primary N) is 1. The summed E-state index contributed by atoms with van der Waals surface area (Å²) < 4.78 is 13.0. The molecule has 0 saturated carbocycles. The van der Waals surface area contributed by atoms with Crippen molar-refractivity contribution in [1.82, 2.24) is 10.6 Å². The maximum absolute atomic E-state index is 13.0. The minimum absolute atomic E-state index is 0. The average molecular weight is 498 g/mol. The molecule has 2 rings (SSSR count). The van der Waals surface area contributed by atoms with Crippen molar-refractivity contribution in [2.45, 2.75) is 26.3 Å². The van der Waals surface area contributed by atoms with E-state index in [0.29, 0.717) is 25.5 Å². The Balaban J connectivity index is 0.00000392. The van der Waals surface area contributed by atoms with Gasteiger partial charge in [-0.3, -0.25) is 9.79 Å². The van der Waals surface area contributed by atoms with Crippen LogP contribution in [0.5, 0.6) is 0 Å². The molecule has 4 N–H and O–H groups in total. The fraction of sp³-hybridized carbons (Fsp3) is 0.333. The molecule has 0 aliphatic carbocycles. The number of carbonyl (C=O) groups is 1. The van der Waals surface area contributed by atoms with E-state index in [4.69, 9.17) is 5.73 Å². The van der Waals surface area contributed by atoms with Gasteiger partial charge in [0.15, 0.2) is 5.96 Å². The van der Waals surface area contributed by atoms with Crippen molar-refractivity contribution in [3.63, 3.8) is 0 Å². The van der Waals surface area contributed by atoms with Crippen molar-refractivity contribution >= 4 is 35.8 Å². The van der Waals surface area contributed by atoms with Gasteiger partial charge in [0.2, 0.25) is 5.91 Å². The van der Waals surface area contributed by atoms with Gasteiger partial charge in [0.05, 0.1) is 5.92 Å². The van der Waals surface area contributed by atoms with Crippen LogP contribution < -0.4 is 16.4 Å². The maximum Gasteiger partial charge on any atom is 0.222 e. The number of amides is 1. The number of hydrogen-bond donors (Lipinski definition) is 3. The molecule has 0 aromatic heterocycles. The van der Waals surface area contributed by atoms with E-state index in [1.54, 1.807) is 19.2 Å². The van der Waals surface area contributed by atoms with Crippen molar-refractivity contribution < 1.29 is 9.18 Å². The van der Waals surface area contributed by atoms with Crippen LogP contribution in [0.3, 0.4) is 0 Å². The number of hydrogen-bond acceptors (Lipinski definition) is 2. The van der Waals surface area contributed by atoms with Crippen molar-refractivity contribution in [1.29, 1.82) is 0 Å². The summed E-state index contributed by atoms with van der Waals surface area (Å²) in [5.41, 5.74) is 8.89. The first-order valence-electron chi connectivity index (χ1n) is 9.08. The molecule has 0 fully saturated rings. The molecule has 152 valence electrons. The van der Waals surface area contributed by atoms with Gasteiger partial charge in [0.25, 0.3) is 0 Å². The van der Waals surface area contributed by atoms with E-state index in [0.717, 1.165) is 12.0 Å². The Labute approximate surface area is 183 Å². The molecule has 1 atom stereocenters. The van der Waals surface area contributed by atoms with E-state index in [2.05, 4.69) is 34.7 Å². The first-order chi connectivity index (χ1) is 13.0. The summed E-state index contributed by atoms with van der Waals surface area (Å²) in [6.07, 6.45) is 1.41.